The number of halogens is 2. The second-order valence-electron chi connectivity index (χ2n) is 5.63. The lowest BCUT2D eigenvalue weighted by molar-refractivity contribution is 0.102. The molecule has 1 heterocycles. The van der Waals surface area contributed by atoms with Gasteiger partial charge in [-0.05, 0) is 49.9 Å². The van der Waals surface area contributed by atoms with E-state index in [-0.39, 0.29) is 5.56 Å². The molecule has 1 aromatic carbocycles. The SMILES string of the molecule is C/C=C(\Nc1ccc(NC(=O)c2cccc(F)c2F)cn1)C1CC1. The molecule has 1 fully saturated rings. The van der Waals surface area contributed by atoms with Gasteiger partial charge in [-0.3, -0.25) is 4.79 Å². The lowest BCUT2D eigenvalue weighted by atomic mass is 10.2. The van der Waals surface area contributed by atoms with E-state index in [9.17, 15) is 13.6 Å². The van der Waals surface area contributed by atoms with E-state index in [1.165, 1.54) is 31.2 Å². The smallest absolute Gasteiger partial charge is 0.258 e. The van der Waals surface area contributed by atoms with Crippen LogP contribution in [0.1, 0.15) is 30.1 Å². The van der Waals surface area contributed by atoms with Crippen LogP contribution in [0.25, 0.3) is 0 Å². The normalized spacial score (nSPS) is 14.4. The molecule has 0 bridgehead atoms. The fraction of sp³-hybridized carbons (Fsp3) is 0.222. The number of amides is 1. The van der Waals surface area contributed by atoms with Gasteiger partial charge in [-0.15, -0.1) is 0 Å². The molecule has 4 nitrogen and oxygen atoms in total. The summed E-state index contributed by atoms with van der Waals surface area (Å²) in [4.78, 5) is 16.3. The second kappa shape index (κ2) is 6.78. The van der Waals surface area contributed by atoms with Crippen LogP contribution < -0.4 is 10.6 Å². The van der Waals surface area contributed by atoms with Crippen LogP contribution in [0, 0.1) is 17.6 Å². The number of allylic oxidation sites excluding steroid dienone is 2. The van der Waals surface area contributed by atoms with Crippen molar-refractivity contribution in [1.29, 1.82) is 0 Å². The summed E-state index contributed by atoms with van der Waals surface area (Å²) in [5.41, 5.74) is 1.20. The van der Waals surface area contributed by atoms with E-state index in [1.54, 1.807) is 12.1 Å². The van der Waals surface area contributed by atoms with Gasteiger partial charge in [-0.2, -0.15) is 0 Å². The van der Waals surface area contributed by atoms with Crippen molar-refractivity contribution in [2.45, 2.75) is 19.8 Å². The number of nitrogens with zero attached hydrogens (tertiary/aromatic N) is 1. The Morgan fingerprint density at radius 1 is 1.21 bits per heavy atom. The number of pyridine rings is 1. The van der Waals surface area contributed by atoms with Gasteiger partial charge in [-0.25, -0.2) is 13.8 Å². The van der Waals surface area contributed by atoms with Gasteiger partial charge in [0.25, 0.3) is 5.91 Å². The van der Waals surface area contributed by atoms with Crippen molar-refractivity contribution in [3.05, 3.63) is 65.5 Å². The summed E-state index contributed by atoms with van der Waals surface area (Å²) in [7, 11) is 0. The topological polar surface area (TPSA) is 54.0 Å². The summed E-state index contributed by atoms with van der Waals surface area (Å²) >= 11 is 0. The van der Waals surface area contributed by atoms with Gasteiger partial charge in [-0.1, -0.05) is 12.1 Å². The Bertz CT molecular complexity index is 783. The highest BCUT2D eigenvalue weighted by atomic mass is 19.2. The summed E-state index contributed by atoms with van der Waals surface area (Å²) in [6.45, 7) is 1.97. The van der Waals surface area contributed by atoms with Crippen LogP contribution in [0.5, 0.6) is 0 Å². The summed E-state index contributed by atoms with van der Waals surface area (Å²) in [6, 6.07) is 6.86. The fourth-order valence-corrected chi connectivity index (χ4v) is 2.37. The monoisotopic (exact) mass is 329 g/mol. The number of aromatic nitrogens is 1. The van der Waals surface area contributed by atoms with E-state index in [0.717, 1.165) is 11.8 Å². The average Bonchev–Trinajstić information content (AvgIpc) is 3.41. The zero-order chi connectivity index (χ0) is 17.1. The molecule has 124 valence electrons. The summed E-state index contributed by atoms with van der Waals surface area (Å²) in [6.07, 6.45) is 5.86. The Hall–Kier alpha value is -2.76. The average molecular weight is 329 g/mol. The molecular weight excluding hydrogens is 312 g/mol. The Balaban J connectivity index is 1.67. The third-order valence-electron chi connectivity index (χ3n) is 3.82. The van der Waals surface area contributed by atoms with Crippen LogP contribution >= 0.6 is 0 Å². The molecular formula is C18H17F2N3O. The molecule has 0 atom stereocenters. The van der Waals surface area contributed by atoms with Crippen LogP contribution in [-0.2, 0) is 0 Å². The minimum Gasteiger partial charge on any atom is -0.344 e. The molecule has 1 amide bonds. The highest BCUT2D eigenvalue weighted by molar-refractivity contribution is 6.04. The molecule has 1 aliphatic rings. The van der Waals surface area contributed by atoms with Crippen molar-refractivity contribution in [2.24, 2.45) is 5.92 Å². The Morgan fingerprint density at radius 2 is 2.00 bits per heavy atom. The molecule has 1 aliphatic carbocycles. The minimum absolute atomic E-state index is 0.345. The molecule has 0 spiro atoms. The third-order valence-corrected chi connectivity index (χ3v) is 3.82. The maximum Gasteiger partial charge on any atom is 0.258 e. The van der Waals surface area contributed by atoms with Gasteiger partial charge >= 0.3 is 0 Å². The molecule has 3 rings (SSSR count). The van der Waals surface area contributed by atoms with Crippen LogP contribution in [0.3, 0.4) is 0 Å². The zero-order valence-electron chi connectivity index (χ0n) is 13.1. The number of anilines is 2. The standard InChI is InChI=1S/C18H17F2N3O/c1-2-15(11-6-7-11)23-16-9-8-12(10-21-16)22-18(24)13-4-3-5-14(19)17(13)20/h2-5,8-11H,6-7H2,1H3,(H,21,23)(H,22,24)/b15-2-. The molecule has 0 radical (unpaired) electrons. The highest BCUT2D eigenvalue weighted by Crippen LogP contribution is 2.36. The predicted molar refractivity (Wildman–Crippen MR) is 88.7 cm³/mol. The Morgan fingerprint density at radius 3 is 2.62 bits per heavy atom. The van der Waals surface area contributed by atoms with Gasteiger partial charge < -0.3 is 10.6 Å². The molecule has 24 heavy (non-hydrogen) atoms. The maximum absolute atomic E-state index is 13.6. The number of carbonyl (C=O) groups excluding carboxylic acids is 1. The van der Waals surface area contributed by atoms with E-state index >= 15 is 0 Å². The summed E-state index contributed by atoms with van der Waals surface area (Å²) in [5, 5.41) is 5.75. The van der Waals surface area contributed by atoms with E-state index in [4.69, 9.17) is 0 Å². The van der Waals surface area contributed by atoms with Gasteiger partial charge in [0.2, 0.25) is 0 Å². The third kappa shape index (κ3) is 3.59. The number of carbonyl (C=O) groups is 1. The lowest BCUT2D eigenvalue weighted by Gasteiger charge is -2.10. The van der Waals surface area contributed by atoms with Crippen molar-refractivity contribution in [3.8, 4) is 0 Å². The van der Waals surface area contributed by atoms with Crippen molar-refractivity contribution in [1.82, 2.24) is 4.98 Å². The van der Waals surface area contributed by atoms with Crippen LogP contribution in [0.4, 0.5) is 20.3 Å². The first-order valence-corrected chi connectivity index (χ1v) is 7.73. The van der Waals surface area contributed by atoms with Gasteiger partial charge in [0.05, 0.1) is 17.4 Å². The quantitative estimate of drug-likeness (QED) is 0.858. The van der Waals surface area contributed by atoms with E-state index in [1.807, 2.05) is 13.0 Å². The molecule has 2 aromatic rings. The van der Waals surface area contributed by atoms with Crippen LogP contribution in [-0.4, -0.2) is 10.9 Å². The van der Waals surface area contributed by atoms with Crippen LogP contribution in [0.15, 0.2) is 48.3 Å². The Kier molecular flexibility index (Phi) is 4.55. The number of hydrogen-bond donors (Lipinski definition) is 2. The molecule has 0 aliphatic heterocycles. The summed E-state index contributed by atoms with van der Waals surface area (Å²) in [5.74, 6) is -1.69. The number of benzene rings is 1. The molecule has 1 aromatic heterocycles. The molecule has 6 heteroatoms. The van der Waals surface area contributed by atoms with E-state index < -0.39 is 17.5 Å². The Labute approximate surface area is 138 Å². The van der Waals surface area contributed by atoms with Crippen molar-refractivity contribution >= 4 is 17.4 Å². The molecule has 2 N–H and O–H groups in total. The van der Waals surface area contributed by atoms with E-state index in [2.05, 4.69) is 15.6 Å². The lowest BCUT2D eigenvalue weighted by Crippen LogP contribution is -2.14. The molecule has 1 saturated carbocycles. The van der Waals surface area contributed by atoms with Crippen molar-refractivity contribution in [3.63, 3.8) is 0 Å². The highest BCUT2D eigenvalue weighted by Gasteiger charge is 2.25. The molecule has 0 saturated heterocycles. The second-order valence-corrected chi connectivity index (χ2v) is 5.63. The summed E-state index contributed by atoms with van der Waals surface area (Å²) < 4.78 is 26.8. The van der Waals surface area contributed by atoms with Crippen molar-refractivity contribution in [2.75, 3.05) is 10.6 Å². The van der Waals surface area contributed by atoms with E-state index in [0.29, 0.717) is 17.4 Å². The largest absolute Gasteiger partial charge is 0.344 e. The minimum atomic E-state index is -1.16. The van der Waals surface area contributed by atoms with Crippen LogP contribution in [0.2, 0.25) is 0 Å². The van der Waals surface area contributed by atoms with Gasteiger partial charge in [0.1, 0.15) is 5.82 Å². The fourth-order valence-electron chi connectivity index (χ4n) is 2.37. The number of rotatable bonds is 5. The zero-order valence-corrected chi connectivity index (χ0v) is 13.1. The first-order chi connectivity index (χ1) is 11.6. The predicted octanol–water partition coefficient (Wildman–Crippen LogP) is 4.34. The number of nitrogens with one attached hydrogen (secondary N) is 2. The van der Waals surface area contributed by atoms with Crippen molar-refractivity contribution < 1.29 is 13.6 Å². The number of hydrogen-bond acceptors (Lipinski definition) is 3. The first-order valence-electron chi connectivity index (χ1n) is 7.73. The van der Waals surface area contributed by atoms with Gasteiger partial charge in [0.15, 0.2) is 11.6 Å². The maximum atomic E-state index is 13.6. The first kappa shape index (κ1) is 16.1. The van der Waals surface area contributed by atoms with Gasteiger partial charge in [0, 0.05) is 5.70 Å². The molecule has 0 unspecified atom stereocenters.